The number of nitrogens with zero attached hydrogens (tertiary/aromatic N) is 1. The van der Waals surface area contributed by atoms with E-state index in [1.165, 1.54) is 38.2 Å². The van der Waals surface area contributed by atoms with Crippen molar-refractivity contribution in [3.63, 3.8) is 0 Å². The summed E-state index contributed by atoms with van der Waals surface area (Å²) >= 11 is 0. The summed E-state index contributed by atoms with van der Waals surface area (Å²) in [6, 6.07) is 5.52. The molecule has 0 unspecified atom stereocenters. The van der Waals surface area contributed by atoms with Crippen LogP contribution in [0.5, 0.6) is 0 Å². The van der Waals surface area contributed by atoms with Gasteiger partial charge in [-0.25, -0.2) is 0 Å². The van der Waals surface area contributed by atoms with Crippen molar-refractivity contribution in [1.82, 2.24) is 5.32 Å². The second kappa shape index (κ2) is 8.07. The number of nitrogens with one attached hydrogen (secondary N) is 2. The zero-order valence-corrected chi connectivity index (χ0v) is 12.5. The van der Waals surface area contributed by atoms with Gasteiger partial charge in [-0.3, -0.25) is 10.1 Å². The number of benzene rings is 1. The minimum Gasteiger partial charge on any atom is -0.388 e. The Morgan fingerprint density at radius 2 is 2.00 bits per heavy atom. The number of nitro benzene ring substituents is 1. The summed E-state index contributed by atoms with van der Waals surface area (Å²) in [6.45, 7) is 0.683. The molecule has 2 N–H and O–H groups in total. The van der Waals surface area contributed by atoms with Crippen LogP contribution in [0.3, 0.4) is 0 Å². The molecular formula is C14H22ClN3O2. The van der Waals surface area contributed by atoms with E-state index in [1.54, 1.807) is 12.1 Å². The molecule has 0 amide bonds. The summed E-state index contributed by atoms with van der Waals surface area (Å²) in [4.78, 5) is 10.5. The average molecular weight is 300 g/mol. The normalized spacial score (nSPS) is 15.4. The van der Waals surface area contributed by atoms with Gasteiger partial charge < -0.3 is 10.6 Å². The smallest absolute Gasteiger partial charge is 0.269 e. The van der Waals surface area contributed by atoms with Crippen molar-refractivity contribution in [2.24, 2.45) is 0 Å². The molecule has 5 nitrogen and oxygen atoms in total. The van der Waals surface area contributed by atoms with Crippen LogP contribution in [0, 0.1) is 10.1 Å². The Balaban J connectivity index is 0.00000200. The number of hydrogen-bond acceptors (Lipinski definition) is 4. The zero-order chi connectivity index (χ0) is 13.7. The van der Waals surface area contributed by atoms with Gasteiger partial charge >= 0.3 is 0 Å². The second-order valence-electron chi connectivity index (χ2n) is 5.06. The molecule has 0 spiro atoms. The van der Waals surface area contributed by atoms with Gasteiger partial charge in [0, 0.05) is 37.5 Å². The molecule has 6 heteroatoms. The maximum atomic E-state index is 10.8. The highest BCUT2D eigenvalue weighted by Gasteiger charge is 2.14. The van der Waals surface area contributed by atoms with Gasteiger partial charge in [-0.1, -0.05) is 19.3 Å². The Morgan fingerprint density at radius 1 is 1.30 bits per heavy atom. The summed E-state index contributed by atoms with van der Waals surface area (Å²) in [5.41, 5.74) is 2.07. The molecule has 0 aliphatic heterocycles. The van der Waals surface area contributed by atoms with Crippen LogP contribution >= 0.6 is 12.4 Å². The first-order valence-electron chi connectivity index (χ1n) is 6.89. The molecule has 1 saturated carbocycles. The molecular weight excluding hydrogens is 278 g/mol. The van der Waals surface area contributed by atoms with Crippen LogP contribution in [0.2, 0.25) is 0 Å². The minimum absolute atomic E-state index is 0. The predicted octanol–water partition coefficient (Wildman–Crippen LogP) is 3.48. The summed E-state index contributed by atoms with van der Waals surface area (Å²) in [7, 11) is 1.84. The van der Waals surface area contributed by atoms with Gasteiger partial charge in [-0.05, 0) is 24.5 Å². The summed E-state index contributed by atoms with van der Waals surface area (Å²) in [5, 5.41) is 17.4. The molecule has 1 aromatic rings. The molecule has 112 valence electrons. The Kier molecular flexibility index (Phi) is 6.75. The number of anilines is 1. The number of halogens is 1. The Bertz CT molecular complexity index is 448. The molecule has 2 rings (SSSR count). The first-order chi connectivity index (χ1) is 9.20. The SMILES string of the molecule is CNc1ccc([N+](=O)[O-])cc1CNC1CCCCC1.Cl. The Labute approximate surface area is 125 Å². The van der Waals surface area contributed by atoms with E-state index in [0.29, 0.717) is 12.6 Å². The van der Waals surface area contributed by atoms with E-state index in [2.05, 4.69) is 10.6 Å². The second-order valence-corrected chi connectivity index (χ2v) is 5.06. The first kappa shape index (κ1) is 16.7. The lowest BCUT2D eigenvalue weighted by Crippen LogP contribution is -2.30. The third-order valence-electron chi connectivity index (χ3n) is 3.76. The van der Waals surface area contributed by atoms with E-state index in [4.69, 9.17) is 0 Å². The van der Waals surface area contributed by atoms with Crippen LogP contribution in [0.4, 0.5) is 11.4 Å². The molecule has 0 bridgehead atoms. The molecule has 0 radical (unpaired) electrons. The standard InChI is InChI=1S/C14H21N3O2.ClH/c1-15-14-8-7-13(17(18)19)9-11(14)10-16-12-5-3-2-4-6-12;/h7-9,12,15-16H,2-6,10H2,1H3;1H. The number of non-ortho nitro benzene ring substituents is 1. The molecule has 0 aromatic heterocycles. The van der Waals surface area contributed by atoms with Gasteiger partial charge in [-0.2, -0.15) is 0 Å². The molecule has 1 aliphatic rings. The quantitative estimate of drug-likeness (QED) is 0.645. The van der Waals surface area contributed by atoms with Crippen molar-refractivity contribution in [2.75, 3.05) is 12.4 Å². The van der Waals surface area contributed by atoms with Gasteiger partial charge in [0.05, 0.1) is 4.92 Å². The fourth-order valence-electron chi connectivity index (χ4n) is 2.64. The summed E-state index contributed by atoms with van der Waals surface area (Å²) < 4.78 is 0. The van der Waals surface area contributed by atoms with E-state index in [0.717, 1.165) is 11.3 Å². The van der Waals surface area contributed by atoms with Gasteiger partial charge in [0.1, 0.15) is 0 Å². The topological polar surface area (TPSA) is 67.2 Å². The van der Waals surface area contributed by atoms with Crippen LogP contribution in [0.1, 0.15) is 37.7 Å². The molecule has 0 atom stereocenters. The van der Waals surface area contributed by atoms with Gasteiger partial charge in [0.15, 0.2) is 0 Å². The van der Waals surface area contributed by atoms with Crippen LogP contribution < -0.4 is 10.6 Å². The monoisotopic (exact) mass is 299 g/mol. The fraction of sp³-hybridized carbons (Fsp3) is 0.571. The number of rotatable bonds is 5. The van der Waals surface area contributed by atoms with Crippen LogP contribution in [0.15, 0.2) is 18.2 Å². The molecule has 0 saturated heterocycles. The predicted molar refractivity (Wildman–Crippen MR) is 83.6 cm³/mol. The highest BCUT2D eigenvalue weighted by Crippen LogP contribution is 2.23. The third kappa shape index (κ3) is 4.35. The summed E-state index contributed by atoms with van der Waals surface area (Å²) in [5.74, 6) is 0. The van der Waals surface area contributed by atoms with E-state index >= 15 is 0 Å². The maximum absolute atomic E-state index is 10.8. The lowest BCUT2D eigenvalue weighted by molar-refractivity contribution is -0.384. The maximum Gasteiger partial charge on any atom is 0.269 e. The van der Waals surface area contributed by atoms with E-state index in [1.807, 2.05) is 7.05 Å². The van der Waals surface area contributed by atoms with Gasteiger partial charge in [0.25, 0.3) is 5.69 Å². The molecule has 0 heterocycles. The van der Waals surface area contributed by atoms with Crippen molar-refractivity contribution in [1.29, 1.82) is 0 Å². The van der Waals surface area contributed by atoms with Gasteiger partial charge in [-0.15, -0.1) is 12.4 Å². The average Bonchev–Trinajstić information content (AvgIpc) is 2.45. The Hall–Kier alpha value is -1.33. The van der Waals surface area contributed by atoms with Crippen LogP contribution in [-0.2, 0) is 6.54 Å². The number of nitro groups is 1. The van der Waals surface area contributed by atoms with E-state index in [-0.39, 0.29) is 23.0 Å². The highest BCUT2D eigenvalue weighted by molar-refractivity contribution is 5.85. The van der Waals surface area contributed by atoms with Crippen molar-refractivity contribution in [3.05, 3.63) is 33.9 Å². The molecule has 1 aliphatic carbocycles. The van der Waals surface area contributed by atoms with Crippen LogP contribution in [-0.4, -0.2) is 18.0 Å². The number of hydrogen-bond donors (Lipinski definition) is 2. The molecule has 1 aromatic carbocycles. The summed E-state index contributed by atoms with van der Waals surface area (Å²) in [6.07, 6.45) is 6.32. The van der Waals surface area contributed by atoms with Crippen molar-refractivity contribution in [3.8, 4) is 0 Å². The highest BCUT2D eigenvalue weighted by atomic mass is 35.5. The van der Waals surface area contributed by atoms with Crippen molar-refractivity contribution in [2.45, 2.75) is 44.7 Å². The largest absolute Gasteiger partial charge is 0.388 e. The fourth-order valence-corrected chi connectivity index (χ4v) is 2.64. The molecule has 20 heavy (non-hydrogen) atoms. The van der Waals surface area contributed by atoms with Gasteiger partial charge in [0.2, 0.25) is 0 Å². The third-order valence-corrected chi connectivity index (χ3v) is 3.76. The van der Waals surface area contributed by atoms with E-state index < -0.39 is 0 Å². The molecule has 1 fully saturated rings. The first-order valence-corrected chi connectivity index (χ1v) is 6.89. The minimum atomic E-state index is -0.344. The van der Waals surface area contributed by atoms with E-state index in [9.17, 15) is 10.1 Å². The van der Waals surface area contributed by atoms with Crippen molar-refractivity contribution >= 4 is 23.8 Å². The lowest BCUT2D eigenvalue weighted by Gasteiger charge is -2.23. The van der Waals surface area contributed by atoms with Crippen molar-refractivity contribution < 1.29 is 4.92 Å². The Morgan fingerprint density at radius 3 is 2.60 bits per heavy atom. The lowest BCUT2D eigenvalue weighted by atomic mass is 9.95. The zero-order valence-electron chi connectivity index (χ0n) is 11.7. The van der Waals surface area contributed by atoms with Crippen LogP contribution in [0.25, 0.3) is 0 Å².